The largest absolute Gasteiger partial charge is 1.00 e. The second-order valence-electron chi connectivity index (χ2n) is 5.78. The molecule has 2 aliphatic carbocycles. The Labute approximate surface area is 179 Å². The second-order valence-corrected chi connectivity index (χ2v) is 8.47. The van der Waals surface area contributed by atoms with Crippen molar-refractivity contribution in [2.24, 2.45) is 0 Å². The SMILES string of the molecule is C[C](=[Hf+2])c1ccccc1.[C-]1=CC=CC1.[Cl-].[Cl-].c1cc2c([cH-]1)CCCC2. The number of aryl methyl sites for hydroxylation is 2. The van der Waals surface area contributed by atoms with Gasteiger partial charge in [-0.15, -0.1) is 6.42 Å². The van der Waals surface area contributed by atoms with Crippen LogP contribution in [0.15, 0.2) is 66.8 Å². The Hall–Kier alpha value is -0.630. The van der Waals surface area contributed by atoms with E-state index in [2.05, 4.69) is 61.5 Å². The van der Waals surface area contributed by atoms with Crippen LogP contribution in [0.3, 0.4) is 0 Å². The summed E-state index contributed by atoms with van der Waals surface area (Å²) < 4.78 is 1.51. The van der Waals surface area contributed by atoms with Crippen LogP contribution in [-0.4, -0.2) is 3.26 Å². The number of fused-ring (bicyclic) bond motifs is 1. The summed E-state index contributed by atoms with van der Waals surface area (Å²) in [7, 11) is 0. The minimum atomic E-state index is 0. The topological polar surface area (TPSA) is 0 Å². The maximum Gasteiger partial charge on any atom is -0.0512 e. The summed E-state index contributed by atoms with van der Waals surface area (Å²) in [6, 6.07) is 17.2. The van der Waals surface area contributed by atoms with E-state index in [0.29, 0.717) is 0 Å². The van der Waals surface area contributed by atoms with Crippen molar-refractivity contribution >= 4 is 3.26 Å². The standard InChI is InChI=1S/C9H11.C8H8.C5H5.2ClH.Hf/c1-2-5-9-7-3-6-8(9)4-1;1-2-8-6-4-3-5-7-8;1-2-4-5-3-1;;;/h3,6-7H,1-2,4-5H2;3-7H,1H3;1-3H,4H2;2*1H;/q-1;;-1;;;+2/p-2. The summed E-state index contributed by atoms with van der Waals surface area (Å²) in [5.41, 5.74) is 4.59. The molecule has 2 aromatic rings. The molecule has 4 rings (SSSR count). The molecule has 3 heteroatoms. The van der Waals surface area contributed by atoms with Crippen LogP contribution in [0.25, 0.3) is 0 Å². The van der Waals surface area contributed by atoms with E-state index in [-0.39, 0.29) is 24.8 Å². The van der Waals surface area contributed by atoms with Gasteiger partial charge < -0.3 is 24.8 Å². The smallest absolute Gasteiger partial charge is 0.0512 e. The predicted octanol–water partition coefficient (Wildman–Crippen LogP) is -0.628. The number of allylic oxidation sites excluding steroid dienone is 4. The zero-order valence-corrected chi connectivity index (χ0v) is 19.7. The van der Waals surface area contributed by atoms with Gasteiger partial charge in [-0.25, -0.2) is 18.2 Å². The van der Waals surface area contributed by atoms with Gasteiger partial charge in [0.05, 0.1) is 0 Å². The summed E-state index contributed by atoms with van der Waals surface area (Å²) in [4.78, 5) is 0. The van der Waals surface area contributed by atoms with Gasteiger partial charge in [0.15, 0.2) is 0 Å². The van der Waals surface area contributed by atoms with E-state index in [1.54, 1.807) is 11.1 Å². The quantitative estimate of drug-likeness (QED) is 0.336. The van der Waals surface area contributed by atoms with Crippen LogP contribution in [0.1, 0.15) is 42.9 Å². The van der Waals surface area contributed by atoms with Gasteiger partial charge in [-0.05, 0) is 0 Å². The molecule has 25 heavy (non-hydrogen) atoms. The van der Waals surface area contributed by atoms with Crippen LogP contribution >= 0.6 is 0 Å². The molecule has 0 spiro atoms. The first-order chi connectivity index (χ1) is 11.3. The molecular weight excluding hydrogens is 514 g/mol. The minimum absolute atomic E-state index is 0. The van der Waals surface area contributed by atoms with E-state index in [9.17, 15) is 0 Å². The van der Waals surface area contributed by atoms with E-state index in [1.807, 2.05) is 18.2 Å². The first-order valence-corrected chi connectivity index (χ1v) is 10.1. The molecule has 0 N–H and O–H groups in total. The van der Waals surface area contributed by atoms with Crippen molar-refractivity contribution < 1.29 is 48.7 Å². The third kappa shape index (κ3) is 9.58. The van der Waals surface area contributed by atoms with Gasteiger partial charge in [0.1, 0.15) is 0 Å². The van der Waals surface area contributed by atoms with Crippen molar-refractivity contribution in [1.29, 1.82) is 0 Å². The molecule has 0 heterocycles. The van der Waals surface area contributed by atoms with Gasteiger partial charge in [-0.1, -0.05) is 25.7 Å². The summed E-state index contributed by atoms with van der Waals surface area (Å²) in [6.45, 7) is 2.18. The van der Waals surface area contributed by atoms with Crippen molar-refractivity contribution in [3.63, 3.8) is 0 Å². The molecule has 0 nitrogen and oxygen atoms in total. The van der Waals surface area contributed by atoms with E-state index < -0.39 is 0 Å². The molecule has 0 fully saturated rings. The molecule has 0 saturated carbocycles. The third-order valence-electron chi connectivity index (χ3n) is 3.94. The first-order valence-electron chi connectivity index (χ1n) is 8.33. The first kappa shape index (κ1) is 24.4. The van der Waals surface area contributed by atoms with Gasteiger partial charge in [0.25, 0.3) is 0 Å². The Morgan fingerprint density at radius 1 is 1.04 bits per heavy atom. The average Bonchev–Trinajstić information content (AvgIpc) is 3.30. The van der Waals surface area contributed by atoms with Crippen LogP contribution in [0, 0.1) is 6.08 Å². The monoisotopic (exact) mass is 538 g/mol. The molecule has 0 amide bonds. The van der Waals surface area contributed by atoms with Crippen LogP contribution in [0.2, 0.25) is 0 Å². The summed E-state index contributed by atoms with van der Waals surface area (Å²) >= 11 is 1.17. The van der Waals surface area contributed by atoms with Crippen molar-refractivity contribution in [1.82, 2.24) is 0 Å². The van der Waals surface area contributed by atoms with Crippen molar-refractivity contribution in [2.45, 2.75) is 39.0 Å². The number of halogens is 2. The molecule has 2 aromatic carbocycles. The molecule has 0 unspecified atom stereocenters. The van der Waals surface area contributed by atoms with Gasteiger partial charge in [-0.3, -0.25) is 6.08 Å². The van der Waals surface area contributed by atoms with Crippen LogP contribution in [0.5, 0.6) is 0 Å². The molecule has 0 saturated heterocycles. The average molecular weight is 538 g/mol. The summed E-state index contributed by atoms with van der Waals surface area (Å²) in [5, 5.41) is 0. The van der Waals surface area contributed by atoms with E-state index in [1.165, 1.54) is 58.4 Å². The Balaban J connectivity index is 0.000000345. The van der Waals surface area contributed by atoms with Gasteiger partial charge in [0.2, 0.25) is 0 Å². The maximum absolute atomic E-state index is 2.99. The zero-order chi connectivity index (χ0) is 16.3. The third-order valence-corrected chi connectivity index (χ3v) is 4.98. The zero-order valence-electron chi connectivity index (χ0n) is 14.6. The van der Waals surface area contributed by atoms with Gasteiger partial charge in [0, 0.05) is 0 Å². The fraction of sp³-hybridized carbons (Fsp3) is 0.273. The van der Waals surface area contributed by atoms with Crippen LogP contribution < -0.4 is 24.8 Å². The van der Waals surface area contributed by atoms with Crippen LogP contribution in [0.4, 0.5) is 0 Å². The molecule has 0 atom stereocenters. The minimum Gasteiger partial charge on any atom is -1.00 e. The normalized spacial score (nSPS) is 13.1. The summed E-state index contributed by atoms with van der Waals surface area (Å²) in [5.74, 6) is 0. The molecule has 0 aliphatic heterocycles. The predicted molar refractivity (Wildman–Crippen MR) is 96.5 cm³/mol. The molecular formula is C22H24Cl2Hf-2. The van der Waals surface area contributed by atoms with Crippen molar-refractivity contribution in [3.8, 4) is 0 Å². The molecule has 132 valence electrons. The number of benzene rings is 1. The molecule has 0 radical (unpaired) electrons. The maximum atomic E-state index is 2.99. The Morgan fingerprint density at radius 2 is 1.76 bits per heavy atom. The number of hydrogen-bond donors (Lipinski definition) is 0. The Morgan fingerprint density at radius 3 is 2.24 bits per heavy atom. The van der Waals surface area contributed by atoms with E-state index in [0.717, 1.165) is 6.42 Å². The van der Waals surface area contributed by atoms with E-state index >= 15 is 0 Å². The number of hydrogen-bond acceptors (Lipinski definition) is 0. The number of rotatable bonds is 1. The van der Waals surface area contributed by atoms with Crippen molar-refractivity contribution in [2.75, 3.05) is 0 Å². The van der Waals surface area contributed by atoms with Crippen LogP contribution in [-0.2, 0) is 36.7 Å². The van der Waals surface area contributed by atoms with Gasteiger partial charge in [-0.2, -0.15) is 29.3 Å². The molecule has 0 aromatic heterocycles. The fourth-order valence-corrected chi connectivity index (χ4v) is 3.24. The van der Waals surface area contributed by atoms with Gasteiger partial charge >= 0.3 is 70.0 Å². The second kappa shape index (κ2) is 14.5. The molecule has 0 bridgehead atoms. The van der Waals surface area contributed by atoms with Crippen molar-refractivity contribution in [3.05, 3.63) is 89.5 Å². The Kier molecular flexibility index (Phi) is 14.2. The fourth-order valence-electron chi connectivity index (χ4n) is 2.64. The summed E-state index contributed by atoms with van der Waals surface area (Å²) in [6.07, 6.45) is 15.4. The molecule has 2 aliphatic rings. The Bertz CT molecular complexity index is 623. The van der Waals surface area contributed by atoms with E-state index in [4.69, 9.17) is 0 Å².